The molecule has 5 aromatic rings. The molecule has 1 aliphatic heterocycles. The van der Waals surface area contributed by atoms with Crippen LogP contribution < -0.4 is 4.90 Å². The molecule has 1 aliphatic carbocycles. The molecular weight excluding hydrogens is 722 g/mol. The van der Waals surface area contributed by atoms with Crippen LogP contribution in [-0.2, 0) is 34.2 Å². The van der Waals surface area contributed by atoms with E-state index in [0.29, 0.717) is 12.0 Å². The number of allylic oxidation sites excluding steroid dienone is 3. The molecule has 1 unspecified atom stereocenters. The first kappa shape index (κ1) is 43.0. The van der Waals surface area contributed by atoms with E-state index in [9.17, 15) is 0 Å². The number of rotatable bonds is 4. The minimum atomic E-state index is 0. The third kappa shape index (κ3) is 9.58. The van der Waals surface area contributed by atoms with Crippen molar-refractivity contribution in [1.29, 1.82) is 0 Å². The molecule has 0 N–H and O–H groups in total. The zero-order valence-corrected chi connectivity index (χ0v) is 37.0. The van der Waals surface area contributed by atoms with Gasteiger partial charge in [0.15, 0.2) is 0 Å². The van der Waals surface area contributed by atoms with Gasteiger partial charge in [-0.2, -0.15) is 6.07 Å². The number of benzene rings is 4. The second kappa shape index (κ2) is 17.6. The molecule has 52 heavy (non-hydrogen) atoms. The average molecular weight is 779 g/mol. The predicted molar refractivity (Wildman–Crippen MR) is 227 cm³/mol. The van der Waals surface area contributed by atoms with Gasteiger partial charge in [-0.05, 0) is 58.1 Å². The van der Waals surface area contributed by atoms with Crippen molar-refractivity contribution in [3.8, 4) is 22.3 Å². The van der Waals surface area contributed by atoms with E-state index in [2.05, 4.69) is 202 Å². The first-order valence-corrected chi connectivity index (χ1v) is 22.0. The van der Waals surface area contributed by atoms with Crippen LogP contribution in [0.15, 0.2) is 132 Å². The van der Waals surface area contributed by atoms with E-state index >= 15 is 0 Å². The Hall–Kier alpha value is -3.39. The molecule has 5 aromatic carbocycles. The summed E-state index contributed by atoms with van der Waals surface area (Å²) in [4.78, 5) is 2.39. The molecule has 2 radical (unpaired) electrons. The summed E-state index contributed by atoms with van der Waals surface area (Å²) >= 11 is 1.36. The van der Waals surface area contributed by atoms with E-state index in [1.807, 2.05) is 0 Å². The molecular formula is C49H57NSiZr-4. The molecule has 0 fully saturated rings. The Balaban J connectivity index is 0.000000285. The van der Waals surface area contributed by atoms with E-state index in [4.69, 9.17) is 0 Å². The average Bonchev–Trinajstić information content (AvgIpc) is 3.76. The zero-order valence-electron chi connectivity index (χ0n) is 33.6. The molecule has 0 amide bonds. The summed E-state index contributed by atoms with van der Waals surface area (Å²) in [7, 11) is 0. The predicted octanol–water partition coefficient (Wildman–Crippen LogP) is 13.4. The molecule has 0 aromatic heterocycles. The van der Waals surface area contributed by atoms with Crippen LogP contribution in [0.3, 0.4) is 0 Å². The second-order valence-electron chi connectivity index (χ2n) is 16.0. The van der Waals surface area contributed by atoms with Gasteiger partial charge in [-0.25, -0.2) is 0 Å². The van der Waals surface area contributed by atoms with Crippen molar-refractivity contribution in [2.75, 3.05) is 4.90 Å². The van der Waals surface area contributed by atoms with Gasteiger partial charge in [0.1, 0.15) is 0 Å². The summed E-state index contributed by atoms with van der Waals surface area (Å²) in [5.74, 6) is 0.539. The molecule has 1 atom stereocenters. The molecule has 7 rings (SSSR count). The van der Waals surface area contributed by atoms with Gasteiger partial charge in [-0.1, -0.05) is 152 Å². The van der Waals surface area contributed by atoms with Crippen LogP contribution in [0.25, 0.3) is 33.0 Å². The number of anilines is 1. The molecule has 0 spiro atoms. The summed E-state index contributed by atoms with van der Waals surface area (Å²) in [5.41, 5.74) is 14.7. The molecule has 1 heterocycles. The van der Waals surface area contributed by atoms with E-state index < -0.39 is 0 Å². The maximum atomic E-state index is 3.53. The monoisotopic (exact) mass is 777 g/mol. The van der Waals surface area contributed by atoms with Gasteiger partial charge in [0.25, 0.3) is 0 Å². The zero-order chi connectivity index (χ0) is 36.4. The van der Waals surface area contributed by atoms with Gasteiger partial charge in [-0.15, -0.1) is 57.8 Å². The number of fused-ring (bicyclic) bond motifs is 2. The third-order valence-electron chi connectivity index (χ3n) is 9.69. The summed E-state index contributed by atoms with van der Waals surface area (Å²) in [5, 5.41) is 2.66. The summed E-state index contributed by atoms with van der Waals surface area (Å²) < 4.78 is 0. The van der Waals surface area contributed by atoms with Crippen molar-refractivity contribution in [1.82, 2.24) is 0 Å². The van der Waals surface area contributed by atoms with Gasteiger partial charge < -0.3 is 19.8 Å². The van der Waals surface area contributed by atoms with Crippen LogP contribution in [0.5, 0.6) is 0 Å². The summed E-state index contributed by atoms with van der Waals surface area (Å²) in [6.45, 7) is 25.5. The van der Waals surface area contributed by atoms with Gasteiger partial charge in [0.05, 0.1) is 0 Å². The van der Waals surface area contributed by atoms with Gasteiger partial charge >= 0.3 is 30.2 Å². The Labute approximate surface area is 333 Å². The molecule has 2 aliphatic rings. The minimum absolute atomic E-state index is 0. The Kier molecular flexibility index (Phi) is 14.6. The van der Waals surface area contributed by atoms with Gasteiger partial charge in [0, 0.05) is 11.7 Å². The fraction of sp³-hybridized carbons (Fsp3) is 0.286. The normalized spacial score (nSPS) is 14.8. The number of nitrogens with zero attached hydrogens (tertiary/aromatic N) is 1. The molecule has 270 valence electrons. The molecule has 3 heteroatoms. The molecule has 0 saturated carbocycles. The van der Waals surface area contributed by atoms with Crippen LogP contribution in [0.2, 0.25) is 0 Å². The Bertz CT molecular complexity index is 2030. The van der Waals surface area contributed by atoms with E-state index in [0.717, 1.165) is 0 Å². The van der Waals surface area contributed by atoms with Crippen molar-refractivity contribution in [3.63, 3.8) is 0 Å². The first-order valence-electron chi connectivity index (χ1n) is 17.8. The number of para-hydroxylation sites is 1. The van der Waals surface area contributed by atoms with E-state index in [-0.39, 0.29) is 25.7 Å². The third-order valence-corrected chi connectivity index (χ3v) is 9.69. The first-order chi connectivity index (χ1) is 23.7. The van der Waals surface area contributed by atoms with Gasteiger partial charge in [0.2, 0.25) is 0 Å². The van der Waals surface area contributed by atoms with E-state index in [1.165, 1.54) is 95.6 Å². The summed E-state index contributed by atoms with van der Waals surface area (Å²) in [6.07, 6.45) is 8.11. The SMILES string of the molecule is CC(C)C1=[C-]C2=CC(C)N(c3ccccc3)C2=C1.Cc1cc2c(-c3ccc(C(C)(C)C)cc3)cc(-c3ccc(C(C)(C)C)cc3)cc2[cH-]1.[CH3-].[CH3-].[Si]=[Zr]. The van der Waals surface area contributed by atoms with Crippen molar-refractivity contribution in [2.24, 2.45) is 5.92 Å². The Morgan fingerprint density at radius 3 is 1.79 bits per heavy atom. The quantitative estimate of drug-likeness (QED) is 0.130. The van der Waals surface area contributed by atoms with E-state index in [1.54, 1.807) is 0 Å². The molecule has 0 bridgehead atoms. The fourth-order valence-electron chi connectivity index (χ4n) is 6.80. The Morgan fingerprint density at radius 1 is 0.731 bits per heavy atom. The van der Waals surface area contributed by atoms with Crippen LogP contribution in [0.1, 0.15) is 79.0 Å². The Morgan fingerprint density at radius 2 is 1.27 bits per heavy atom. The number of hydrogen-bond acceptors (Lipinski definition) is 1. The van der Waals surface area contributed by atoms with Crippen LogP contribution in [0.4, 0.5) is 5.69 Å². The van der Waals surface area contributed by atoms with Crippen molar-refractivity contribution in [3.05, 3.63) is 170 Å². The number of aryl methyl sites for hydroxylation is 1. The van der Waals surface area contributed by atoms with Crippen molar-refractivity contribution >= 4 is 23.3 Å². The molecule has 0 saturated heterocycles. The maximum absolute atomic E-state index is 3.53. The standard InChI is InChI=1S/C30H33.C17H18N.2CH3.Si.Zr/c1-20-16-24-18-23(21-8-12-25(13-9-21)29(2,3)4)19-28(27(24)17-20)22-10-14-26(15-11-22)30(5,6)7;1-12(2)14-10-15-9-13(3)18(17(15)11-14)16-7-5-4-6-8-16;;;;/h8-19H,1-7H3;4-9,11-13H,1-3H3;2*1H3;;/q4*-1;;. The van der Waals surface area contributed by atoms with Crippen LogP contribution in [0, 0.1) is 33.8 Å². The number of hydrogen-bond donors (Lipinski definition) is 0. The van der Waals surface area contributed by atoms with Gasteiger partial charge in [-0.3, -0.25) is 0 Å². The van der Waals surface area contributed by atoms with Crippen molar-refractivity contribution in [2.45, 2.75) is 86.1 Å². The topological polar surface area (TPSA) is 3.24 Å². The second-order valence-corrected chi connectivity index (χ2v) is 16.0. The van der Waals surface area contributed by atoms with Crippen LogP contribution >= 0.6 is 0 Å². The van der Waals surface area contributed by atoms with Crippen molar-refractivity contribution < 1.29 is 23.3 Å². The molecule has 1 nitrogen and oxygen atoms in total. The fourth-order valence-corrected chi connectivity index (χ4v) is 6.80. The van der Waals surface area contributed by atoms with Crippen LogP contribution in [-0.4, -0.2) is 12.9 Å². The summed E-state index contributed by atoms with van der Waals surface area (Å²) in [6, 6.07) is 38.5.